The first-order valence-corrected chi connectivity index (χ1v) is 9.57. The molecule has 1 amide bonds. The Hall–Kier alpha value is -0.830. The van der Waals surface area contributed by atoms with Gasteiger partial charge in [0.15, 0.2) is 0 Å². The van der Waals surface area contributed by atoms with E-state index in [1.807, 2.05) is 7.05 Å². The van der Waals surface area contributed by atoms with Crippen molar-refractivity contribution >= 4 is 5.91 Å². The van der Waals surface area contributed by atoms with Crippen molar-refractivity contribution < 1.29 is 4.79 Å². The van der Waals surface area contributed by atoms with Crippen LogP contribution in [0.2, 0.25) is 0 Å². The van der Waals surface area contributed by atoms with Crippen LogP contribution in [0.25, 0.3) is 0 Å². The van der Waals surface area contributed by atoms with Crippen molar-refractivity contribution in [2.24, 2.45) is 11.3 Å². The van der Waals surface area contributed by atoms with Gasteiger partial charge < -0.3 is 10.2 Å². The smallest absolute Gasteiger partial charge is 0.240 e. The molecule has 1 N–H and O–H groups in total. The summed E-state index contributed by atoms with van der Waals surface area (Å²) in [5.74, 6) is 0.886. The van der Waals surface area contributed by atoms with Crippen LogP contribution in [-0.2, 0) is 4.79 Å². The Morgan fingerprint density at radius 2 is 1.91 bits per heavy atom. The standard InChI is InChI=1S/C20H36N2O/c1-6-16-11-14-22(17(16)15(2)3)19(23)18(21-5)20(4)12-9-7-8-10-13-20/h16-18,21H,2,6-14H2,1,3-5H3/t16-,17?,18?/m0/s1. The SMILES string of the molecule is C=C(C)C1[C@@H](CC)CCN1C(=O)C(NC)C1(C)CCCCCC1. The maximum atomic E-state index is 13.4. The summed E-state index contributed by atoms with van der Waals surface area (Å²) in [4.78, 5) is 15.5. The predicted molar refractivity (Wildman–Crippen MR) is 97.4 cm³/mol. The second kappa shape index (κ2) is 7.83. The van der Waals surface area contributed by atoms with E-state index in [2.05, 4.69) is 37.6 Å². The normalized spacial score (nSPS) is 29.1. The van der Waals surface area contributed by atoms with Crippen molar-refractivity contribution in [2.45, 2.75) is 84.2 Å². The molecule has 1 aliphatic heterocycles. The van der Waals surface area contributed by atoms with Gasteiger partial charge in [-0.2, -0.15) is 0 Å². The minimum atomic E-state index is -0.0574. The lowest BCUT2D eigenvalue weighted by Crippen LogP contribution is -2.55. The van der Waals surface area contributed by atoms with Crippen LogP contribution in [0.5, 0.6) is 0 Å². The molecule has 1 aliphatic carbocycles. The number of likely N-dealkylation sites (tertiary alicyclic amines) is 1. The summed E-state index contributed by atoms with van der Waals surface area (Å²) in [5.41, 5.74) is 1.23. The van der Waals surface area contributed by atoms with E-state index < -0.39 is 0 Å². The van der Waals surface area contributed by atoms with Gasteiger partial charge in [0.25, 0.3) is 0 Å². The summed E-state index contributed by atoms with van der Waals surface area (Å²) in [7, 11) is 1.96. The Morgan fingerprint density at radius 3 is 2.39 bits per heavy atom. The number of carbonyl (C=O) groups is 1. The highest BCUT2D eigenvalue weighted by molar-refractivity contribution is 5.83. The number of hydrogen-bond donors (Lipinski definition) is 1. The molecule has 2 rings (SSSR count). The molecule has 0 spiro atoms. The fraction of sp³-hybridized carbons (Fsp3) is 0.850. The molecule has 0 aromatic carbocycles. The average molecular weight is 321 g/mol. The third-order valence-electron chi connectivity index (χ3n) is 6.31. The molecule has 0 radical (unpaired) electrons. The number of rotatable bonds is 5. The highest BCUT2D eigenvalue weighted by Crippen LogP contribution is 2.40. The molecule has 2 unspecified atom stereocenters. The van der Waals surface area contributed by atoms with E-state index in [0.29, 0.717) is 11.8 Å². The largest absolute Gasteiger partial charge is 0.334 e. The highest BCUT2D eigenvalue weighted by atomic mass is 16.2. The summed E-state index contributed by atoms with van der Waals surface area (Å²) in [6.07, 6.45) is 9.70. The molecule has 1 saturated heterocycles. The number of amides is 1. The van der Waals surface area contributed by atoms with E-state index in [1.54, 1.807) is 0 Å². The van der Waals surface area contributed by atoms with Crippen molar-refractivity contribution in [2.75, 3.05) is 13.6 Å². The molecule has 0 aromatic heterocycles. The minimum Gasteiger partial charge on any atom is -0.334 e. The molecular weight excluding hydrogens is 284 g/mol. The third-order valence-corrected chi connectivity index (χ3v) is 6.31. The Labute approximate surface area is 142 Å². The van der Waals surface area contributed by atoms with E-state index in [0.717, 1.165) is 37.8 Å². The molecule has 2 aliphatic rings. The van der Waals surface area contributed by atoms with E-state index in [1.165, 1.54) is 25.7 Å². The fourth-order valence-corrected chi connectivity index (χ4v) is 4.96. The number of carbonyl (C=O) groups excluding carboxylic acids is 1. The third kappa shape index (κ3) is 3.81. The van der Waals surface area contributed by atoms with E-state index in [-0.39, 0.29) is 17.5 Å². The van der Waals surface area contributed by atoms with Gasteiger partial charge in [0, 0.05) is 6.54 Å². The van der Waals surface area contributed by atoms with Crippen LogP contribution in [-0.4, -0.2) is 36.5 Å². The Balaban J connectivity index is 2.20. The molecule has 3 heteroatoms. The summed E-state index contributed by atoms with van der Waals surface area (Å²) in [6.45, 7) is 11.7. The lowest BCUT2D eigenvalue weighted by molar-refractivity contribution is -0.137. The second-order valence-corrected chi connectivity index (χ2v) is 8.07. The number of nitrogens with one attached hydrogen (secondary N) is 1. The van der Waals surface area contributed by atoms with Gasteiger partial charge in [-0.15, -0.1) is 0 Å². The minimum absolute atomic E-state index is 0.0574. The number of nitrogens with zero attached hydrogens (tertiary/aromatic N) is 1. The summed E-state index contributed by atoms with van der Waals surface area (Å²) >= 11 is 0. The fourth-order valence-electron chi connectivity index (χ4n) is 4.96. The second-order valence-electron chi connectivity index (χ2n) is 8.07. The zero-order valence-corrected chi connectivity index (χ0v) is 15.7. The van der Waals surface area contributed by atoms with E-state index >= 15 is 0 Å². The van der Waals surface area contributed by atoms with Gasteiger partial charge in [-0.1, -0.05) is 58.1 Å². The van der Waals surface area contributed by atoms with Gasteiger partial charge in [0.05, 0.1) is 12.1 Å². The quantitative estimate of drug-likeness (QED) is 0.610. The molecule has 0 aromatic rings. The number of hydrogen-bond acceptors (Lipinski definition) is 2. The van der Waals surface area contributed by atoms with E-state index in [4.69, 9.17) is 0 Å². The molecule has 0 bridgehead atoms. The van der Waals surface area contributed by atoms with Crippen LogP contribution >= 0.6 is 0 Å². The van der Waals surface area contributed by atoms with Crippen LogP contribution in [0.4, 0.5) is 0 Å². The highest BCUT2D eigenvalue weighted by Gasteiger charge is 2.44. The van der Waals surface area contributed by atoms with Crippen molar-refractivity contribution in [3.63, 3.8) is 0 Å². The first kappa shape index (κ1) is 18.5. The van der Waals surface area contributed by atoms with Gasteiger partial charge in [-0.3, -0.25) is 4.79 Å². The first-order valence-electron chi connectivity index (χ1n) is 9.57. The topological polar surface area (TPSA) is 32.3 Å². The van der Waals surface area contributed by atoms with Gasteiger partial charge in [-0.25, -0.2) is 0 Å². The molecule has 3 nitrogen and oxygen atoms in total. The molecule has 1 heterocycles. The lowest BCUT2D eigenvalue weighted by atomic mass is 9.75. The van der Waals surface area contributed by atoms with Crippen molar-refractivity contribution in [1.82, 2.24) is 10.2 Å². The zero-order valence-electron chi connectivity index (χ0n) is 15.7. The van der Waals surface area contributed by atoms with Crippen LogP contribution in [0.1, 0.15) is 72.1 Å². The zero-order chi connectivity index (χ0) is 17.0. The Kier molecular flexibility index (Phi) is 6.30. The predicted octanol–water partition coefficient (Wildman–Crippen LogP) is 4.14. The Bertz CT molecular complexity index is 423. The number of likely N-dealkylation sites (N-methyl/N-ethyl adjacent to an activating group) is 1. The van der Waals surface area contributed by atoms with Crippen LogP contribution < -0.4 is 5.32 Å². The van der Waals surface area contributed by atoms with Crippen LogP contribution in [0, 0.1) is 11.3 Å². The van der Waals surface area contributed by atoms with Crippen LogP contribution in [0.15, 0.2) is 12.2 Å². The van der Waals surface area contributed by atoms with Crippen molar-refractivity contribution in [1.29, 1.82) is 0 Å². The molecule has 23 heavy (non-hydrogen) atoms. The molecule has 1 saturated carbocycles. The average Bonchev–Trinajstić information content (AvgIpc) is 2.84. The molecular formula is C20H36N2O. The maximum Gasteiger partial charge on any atom is 0.240 e. The lowest BCUT2D eigenvalue weighted by Gasteiger charge is -2.40. The molecule has 3 atom stereocenters. The first-order chi connectivity index (χ1) is 10.9. The monoisotopic (exact) mass is 320 g/mol. The van der Waals surface area contributed by atoms with E-state index in [9.17, 15) is 4.79 Å². The Morgan fingerprint density at radius 1 is 1.30 bits per heavy atom. The van der Waals surface area contributed by atoms with Crippen LogP contribution in [0.3, 0.4) is 0 Å². The van der Waals surface area contributed by atoms with Crippen molar-refractivity contribution in [3.8, 4) is 0 Å². The molecule has 132 valence electrons. The summed E-state index contributed by atoms with van der Waals surface area (Å²) < 4.78 is 0. The van der Waals surface area contributed by atoms with Crippen molar-refractivity contribution in [3.05, 3.63) is 12.2 Å². The summed E-state index contributed by atoms with van der Waals surface area (Å²) in [6, 6.07) is 0.177. The molecule has 2 fully saturated rings. The van der Waals surface area contributed by atoms with Gasteiger partial charge in [0.1, 0.15) is 0 Å². The maximum absolute atomic E-state index is 13.4. The van der Waals surface area contributed by atoms with Gasteiger partial charge in [-0.05, 0) is 44.6 Å². The van der Waals surface area contributed by atoms with Gasteiger partial charge >= 0.3 is 0 Å². The summed E-state index contributed by atoms with van der Waals surface area (Å²) in [5, 5.41) is 3.39. The van der Waals surface area contributed by atoms with Gasteiger partial charge in [0.2, 0.25) is 5.91 Å².